The van der Waals surface area contributed by atoms with Crippen LogP contribution in [0.3, 0.4) is 0 Å². The van der Waals surface area contributed by atoms with Crippen molar-refractivity contribution in [2.45, 2.75) is 37.3 Å². The van der Waals surface area contributed by atoms with Crippen LogP contribution in [-0.4, -0.2) is 27.9 Å². The minimum atomic E-state index is -0.268. The van der Waals surface area contributed by atoms with Crippen molar-refractivity contribution in [1.82, 2.24) is 20.3 Å². The van der Waals surface area contributed by atoms with Crippen LogP contribution in [0.4, 0.5) is 5.82 Å². The number of nitrogens with one attached hydrogen (secondary N) is 1. The molecule has 7 nitrogen and oxygen atoms in total. The lowest BCUT2D eigenvalue weighted by molar-refractivity contribution is 0.0921. The second-order valence-electron chi connectivity index (χ2n) is 7.75. The zero-order valence-corrected chi connectivity index (χ0v) is 20.1. The number of thioether (sulfide) groups is 1. The first kappa shape index (κ1) is 23.5. The number of benzene rings is 1. The normalized spacial score (nSPS) is 10.8. The Balaban J connectivity index is 1.37. The molecule has 8 heteroatoms. The largest absolute Gasteiger partial charge is 0.455 e. The van der Waals surface area contributed by atoms with Crippen LogP contribution in [0.25, 0.3) is 0 Å². The molecule has 0 saturated carbocycles. The third-order valence-corrected chi connectivity index (χ3v) is 6.02. The van der Waals surface area contributed by atoms with E-state index < -0.39 is 0 Å². The van der Waals surface area contributed by atoms with Crippen molar-refractivity contribution in [3.05, 3.63) is 101 Å². The van der Waals surface area contributed by atoms with E-state index in [0.717, 1.165) is 30.2 Å². The molecular formula is C26H27N5O2S. The van der Waals surface area contributed by atoms with E-state index in [1.807, 2.05) is 55.6 Å². The molecule has 1 N–H and O–H groups in total. The molecule has 0 aliphatic carbocycles. The summed E-state index contributed by atoms with van der Waals surface area (Å²) in [6, 6.07) is 21.4. The van der Waals surface area contributed by atoms with Crippen LogP contribution < -0.4 is 10.2 Å². The van der Waals surface area contributed by atoms with Gasteiger partial charge in [-0.25, -0.2) is 9.97 Å². The van der Waals surface area contributed by atoms with Gasteiger partial charge in [0.1, 0.15) is 11.6 Å². The molecule has 0 fully saturated rings. The molecule has 3 heterocycles. The fraction of sp³-hybridized carbons (Fsp3) is 0.231. The lowest BCUT2D eigenvalue weighted by Gasteiger charge is -2.19. The first-order chi connectivity index (χ1) is 16.6. The second-order valence-corrected chi connectivity index (χ2v) is 8.70. The highest BCUT2D eigenvalue weighted by Gasteiger charge is 2.13. The number of amides is 1. The van der Waals surface area contributed by atoms with Gasteiger partial charge in [-0.05, 0) is 36.2 Å². The molecule has 1 amide bonds. The topological polar surface area (TPSA) is 84.2 Å². The number of carbonyl (C=O) groups is 1. The van der Waals surface area contributed by atoms with Crippen molar-refractivity contribution in [3.63, 3.8) is 0 Å². The van der Waals surface area contributed by atoms with Gasteiger partial charge >= 0.3 is 0 Å². The van der Waals surface area contributed by atoms with Crippen molar-refractivity contribution < 1.29 is 9.21 Å². The third-order valence-electron chi connectivity index (χ3n) is 5.15. The molecule has 0 spiro atoms. The fourth-order valence-corrected chi connectivity index (χ4v) is 4.08. The number of rotatable bonds is 10. The Morgan fingerprint density at radius 2 is 1.85 bits per heavy atom. The second kappa shape index (κ2) is 11.5. The van der Waals surface area contributed by atoms with E-state index in [2.05, 4.69) is 39.2 Å². The zero-order valence-electron chi connectivity index (χ0n) is 19.3. The summed E-state index contributed by atoms with van der Waals surface area (Å²) in [6.07, 6.45) is 2.52. The summed E-state index contributed by atoms with van der Waals surface area (Å²) in [5, 5.41) is 3.51. The molecule has 0 aliphatic heterocycles. The highest BCUT2D eigenvalue weighted by molar-refractivity contribution is 7.98. The summed E-state index contributed by atoms with van der Waals surface area (Å²) in [4.78, 5) is 28.1. The Hall–Kier alpha value is -3.65. The van der Waals surface area contributed by atoms with E-state index in [9.17, 15) is 4.79 Å². The van der Waals surface area contributed by atoms with Crippen LogP contribution in [-0.2, 0) is 25.3 Å². The van der Waals surface area contributed by atoms with Crippen LogP contribution >= 0.6 is 11.8 Å². The van der Waals surface area contributed by atoms with E-state index in [-0.39, 0.29) is 11.7 Å². The summed E-state index contributed by atoms with van der Waals surface area (Å²) in [5.41, 5.74) is 3.00. The Labute approximate surface area is 203 Å². The molecule has 0 saturated heterocycles. The first-order valence-corrected chi connectivity index (χ1v) is 12.1. The number of aromatic nitrogens is 3. The number of nitrogens with zero attached hydrogens (tertiary/aromatic N) is 4. The van der Waals surface area contributed by atoms with Crippen LogP contribution in [0.15, 0.2) is 82.5 Å². The van der Waals surface area contributed by atoms with Gasteiger partial charge in [0, 0.05) is 31.5 Å². The standard InChI is InChI=1S/C26H27N5O2S/c1-3-20-15-24(31(2)17-19-9-5-4-6-10-19)30-26(29-20)34-18-22-12-13-23(33-22)25(32)28-16-21-11-7-8-14-27-21/h4-15H,3,16-18H2,1-2H3,(H,28,32). The van der Waals surface area contributed by atoms with Gasteiger partial charge in [-0.15, -0.1) is 0 Å². The number of anilines is 1. The summed E-state index contributed by atoms with van der Waals surface area (Å²) >= 11 is 1.49. The summed E-state index contributed by atoms with van der Waals surface area (Å²) in [7, 11) is 2.03. The Morgan fingerprint density at radius 3 is 2.62 bits per heavy atom. The van der Waals surface area contributed by atoms with Gasteiger partial charge in [0.15, 0.2) is 10.9 Å². The van der Waals surface area contributed by atoms with Gasteiger partial charge < -0.3 is 14.6 Å². The third kappa shape index (κ3) is 6.45. The van der Waals surface area contributed by atoms with Gasteiger partial charge in [0.25, 0.3) is 5.91 Å². The van der Waals surface area contributed by atoms with Crippen molar-refractivity contribution >= 4 is 23.5 Å². The number of pyridine rings is 1. The number of aryl methyl sites for hydroxylation is 1. The van der Waals surface area contributed by atoms with E-state index in [1.165, 1.54) is 17.3 Å². The molecule has 34 heavy (non-hydrogen) atoms. The molecular weight excluding hydrogens is 446 g/mol. The van der Waals surface area contributed by atoms with Crippen molar-refractivity contribution in [2.24, 2.45) is 0 Å². The smallest absolute Gasteiger partial charge is 0.287 e. The molecule has 0 aliphatic rings. The molecule has 0 bridgehead atoms. The van der Waals surface area contributed by atoms with Crippen molar-refractivity contribution in [3.8, 4) is 0 Å². The number of hydrogen-bond donors (Lipinski definition) is 1. The predicted molar refractivity (Wildman–Crippen MR) is 134 cm³/mol. The molecule has 0 radical (unpaired) electrons. The van der Waals surface area contributed by atoms with Crippen molar-refractivity contribution in [1.29, 1.82) is 0 Å². The van der Waals surface area contributed by atoms with Gasteiger partial charge in [-0.3, -0.25) is 9.78 Å². The van der Waals surface area contributed by atoms with Crippen molar-refractivity contribution in [2.75, 3.05) is 11.9 Å². The van der Waals surface area contributed by atoms with Crippen LogP contribution in [0.2, 0.25) is 0 Å². The average molecular weight is 474 g/mol. The zero-order chi connectivity index (χ0) is 23.8. The van der Waals surface area contributed by atoms with Crippen LogP contribution in [0, 0.1) is 0 Å². The molecule has 1 aromatic carbocycles. The van der Waals surface area contributed by atoms with E-state index in [0.29, 0.717) is 23.2 Å². The average Bonchev–Trinajstić information content (AvgIpc) is 3.36. The number of furan rings is 1. The molecule has 0 atom stereocenters. The number of hydrogen-bond acceptors (Lipinski definition) is 7. The maximum atomic E-state index is 12.4. The van der Waals surface area contributed by atoms with Gasteiger partial charge in [0.05, 0.1) is 18.0 Å². The highest BCUT2D eigenvalue weighted by Crippen LogP contribution is 2.24. The molecule has 174 valence electrons. The monoisotopic (exact) mass is 473 g/mol. The quantitative estimate of drug-likeness (QED) is 0.259. The Bertz CT molecular complexity index is 1210. The van der Waals surface area contributed by atoms with E-state index in [4.69, 9.17) is 9.40 Å². The molecule has 0 unspecified atom stereocenters. The van der Waals surface area contributed by atoms with Gasteiger partial charge in [0.2, 0.25) is 0 Å². The van der Waals surface area contributed by atoms with Crippen LogP contribution in [0.1, 0.15) is 40.2 Å². The molecule has 4 aromatic rings. The van der Waals surface area contributed by atoms with E-state index >= 15 is 0 Å². The molecule has 3 aromatic heterocycles. The highest BCUT2D eigenvalue weighted by atomic mass is 32.2. The van der Waals surface area contributed by atoms with Crippen LogP contribution in [0.5, 0.6) is 0 Å². The minimum Gasteiger partial charge on any atom is -0.455 e. The summed E-state index contributed by atoms with van der Waals surface area (Å²) in [6.45, 7) is 3.20. The maximum absolute atomic E-state index is 12.4. The minimum absolute atomic E-state index is 0.268. The summed E-state index contributed by atoms with van der Waals surface area (Å²) < 4.78 is 5.75. The lowest BCUT2D eigenvalue weighted by atomic mass is 10.2. The first-order valence-electron chi connectivity index (χ1n) is 11.1. The molecule has 4 rings (SSSR count). The number of carbonyl (C=O) groups excluding carboxylic acids is 1. The SMILES string of the molecule is CCc1cc(N(C)Cc2ccccc2)nc(SCc2ccc(C(=O)NCc3ccccn3)o2)n1. The Morgan fingerprint density at radius 1 is 1.03 bits per heavy atom. The maximum Gasteiger partial charge on any atom is 0.287 e. The Kier molecular flexibility index (Phi) is 7.93. The van der Waals surface area contributed by atoms with E-state index in [1.54, 1.807) is 12.3 Å². The predicted octanol–water partition coefficient (Wildman–Crippen LogP) is 4.89. The van der Waals surface area contributed by atoms with Gasteiger partial charge in [-0.1, -0.05) is 55.1 Å². The lowest BCUT2D eigenvalue weighted by Crippen LogP contribution is -2.22. The van der Waals surface area contributed by atoms with Gasteiger partial charge in [-0.2, -0.15) is 0 Å². The summed E-state index contributed by atoms with van der Waals surface area (Å²) in [5.74, 6) is 2.11. The fourth-order valence-electron chi connectivity index (χ4n) is 3.31.